The van der Waals surface area contributed by atoms with Gasteiger partial charge in [0.1, 0.15) is 11.0 Å². The number of aromatic nitrogens is 4. The zero-order chi connectivity index (χ0) is 20.5. The Hall–Kier alpha value is -2.00. The first-order chi connectivity index (χ1) is 13.2. The predicted octanol–water partition coefficient (Wildman–Crippen LogP) is 2.60. The van der Waals surface area contributed by atoms with Gasteiger partial charge in [-0.15, -0.1) is 0 Å². The molecular weight excluding hydrogens is 378 g/mol. The van der Waals surface area contributed by atoms with Crippen molar-refractivity contribution < 1.29 is 13.2 Å². The van der Waals surface area contributed by atoms with Gasteiger partial charge in [-0.1, -0.05) is 0 Å². The molecule has 0 unspecified atom stereocenters. The lowest BCUT2D eigenvalue weighted by atomic mass is 9.94. The van der Waals surface area contributed by atoms with E-state index in [1.165, 1.54) is 0 Å². The molecule has 28 heavy (non-hydrogen) atoms. The quantitative estimate of drug-likeness (QED) is 0.790. The highest BCUT2D eigenvalue weighted by molar-refractivity contribution is 7.89. The molecule has 0 spiro atoms. The van der Waals surface area contributed by atoms with E-state index in [-0.39, 0.29) is 12.1 Å². The number of aryl methyl sites for hydroxylation is 4. The van der Waals surface area contributed by atoms with Crippen molar-refractivity contribution in [2.45, 2.75) is 83.9 Å². The third-order valence-electron chi connectivity index (χ3n) is 5.11. The zero-order valence-corrected chi connectivity index (χ0v) is 18.0. The number of hydrogen-bond acceptors (Lipinski definition) is 6. The Bertz CT molecular complexity index is 926. The van der Waals surface area contributed by atoms with Crippen molar-refractivity contribution in [3.63, 3.8) is 0 Å². The molecule has 154 valence electrons. The minimum Gasteiger partial charge on any atom is -0.460 e. The minimum atomic E-state index is -3.60. The maximum Gasteiger partial charge on any atom is 0.317 e. The van der Waals surface area contributed by atoms with Crippen molar-refractivity contribution in [1.82, 2.24) is 24.5 Å². The summed E-state index contributed by atoms with van der Waals surface area (Å²) >= 11 is 0. The summed E-state index contributed by atoms with van der Waals surface area (Å²) in [5.41, 5.74) is 2.97. The molecule has 2 heterocycles. The van der Waals surface area contributed by atoms with Crippen LogP contribution in [0.25, 0.3) is 0 Å². The molecule has 1 aliphatic rings. The summed E-state index contributed by atoms with van der Waals surface area (Å²) in [6, 6.07) is 2.21. The van der Waals surface area contributed by atoms with Crippen molar-refractivity contribution in [2.24, 2.45) is 0 Å². The fourth-order valence-electron chi connectivity index (χ4n) is 3.85. The Labute approximate surface area is 166 Å². The second-order valence-electron chi connectivity index (χ2n) is 7.46. The van der Waals surface area contributed by atoms with E-state index in [1.54, 1.807) is 18.5 Å². The topological polar surface area (TPSA) is 99.0 Å². The normalized spacial score (nSPS) is 20.3. The third-order valence-corrected chi connectivity index (χ3v) is 6.89. The van der Waals surface area contributed by atoms with Crippen molar-refractivity contribution in [2.75, 3.05) is 0 Å². The molecule has 1 saturated carbocycles. The molecule has 2 aromatic rings. The van der Waals surface area contributed by atoms with Crippen LogP contribution in [0, 0.1) is 27.7 Å². The first kappa shape index (κ1) is 20.7. The van der Waals surface area contributed by atoms with E-state index in [0.717, 1.165) is 24.2 Å². The van der Waals surface area contributed by atoms with Gasteiger partial charge < -0.3 is 4.74 Å². The fourth-order valence-corrected chi connectivity index (χ4v) is 5.57. The van der Waals surface area contributed by atoms with Crippen molar-refractivity contribution in [3.8, 4) is 6.01 Å². The molecule has 0 aliphatic heterocycles. The molecular formula is C19H29N5O3S. The first-order valence-electron chi connectivity index (χ1n) is 9.75. The Morgan fingerprint density at radius 1 is 1.11 bits per heavy atom. The molecule has 1 fully saturated rings. The number of hydrogen-bond donors (Lipinski definition) is 1. The fraction of sp³-hybridized carbons (Fsp3) is 0.632. The van der Waals surface area contributed by atoms with Crippen LogP contribution >= 0.6 is 0 Å². The monoisotopic (exact) mass is 407 g/mol. The second-order valence-corrected chi connectivity index (χ2v) is 9.11. The Morgan fingerprint density at radius 3 is 2.25 bits per heavy atom. The van der Waals surface area contributed by atoms with Crippen LogP contribution in [-0.4, -0.2) is 40.3 Å². The largest absolute Gasteiger partial charge is 0.460 e. The van der Waals surface area contributed by atoms with Gasteiger partial charge in [-0.2, -0.15) is 5.10 Å². The van der Waals surface area contributed by atoms with Crippen LogP contribution in [0.4, 0.5) is 0 Å². The molecule has 0 atom stereocenters. The van der Waals surface area contributed by atoms with E-state index >= 15 is 0 Å². The molecule has 9 heteroatoms. The van der Waals surface area contributed by atoms with E-state index in [0.29, 0.717) is 41.7 Å². The average molecular weight is 408 g/mol. The highest BCUT2D eigenvalue weighted by Crippen LogP contribution is 2.25. The average Bonchev–Trinajstić information content (AvgIpc) is 2.90. The van der Waals surface area contributed by atoms with E-state index in [4.69, 9.17) is 4.74 Å². The van der Waals surface area contributed by atoms with Crippen molar-refractivity contribution in [3.05, 3.63) is 28.8 Å². The molecule has 1 aliphatic carbocycles. The third kappa shape index (κ3) is 4.52. The van der Waals surface area contributed by atoms with E-state index in [1.807, 2.05) is 26.8 Å². The number of nitrogens with zero attached hydrogens (tertiary/aromatic N) is 4. The lowest BCUT2D eigenvalue weighted by Gasteiger charge is -2.28. The molecule has 0 bridgehead atoms. The van der Waals surface area contributed by atoms with Gasteiger partial charge in [0.05, 0.1) is 11.4 Å². The van der Waals surface area contributed by atoms with Gasteiger partial charge in [-0.3, -0.25) is 4.68 Å². The van der Waals surface area contributed by atoms with Gasteiger partial charge in [0.15, 0.2) is 0 Å². The summed E-state index contributed by atoms with van der Waals surface area (Å²) in [5.74, 6) is 0. The molecule has 0 radical (unpaired) electrons. The maximum absolute atomic E-state index is 12.9. The Kier molecular flexibility index (Phi) is 6.04. The summed E-state index contributed by atoms with van der Waals surface area (Å²) in [4.78, 5) is 8.95. The van der Waals surface area contributed by atoms with Gasteiger partial charge in [0.25, 0.3) is 0 Å². The van der Waals surface area contributed by atoms with Crippen LogP contribution in [0.3, 0.4) is 0 Å². The van der Waals surface area contributed by atoms with E-state index < -0.39 is 10.0 Å². The van der Waals surface area contributed by atoms with Crippen LogP contribution in [-0.2, 0) is 16.6 Å². The molecule has 3 rings (SSSR count). The van der Waals surface area contributed by atoms with Crippen LogP contribution in [0.5, 0.6) is 6.01 Å². The Balaban J connectivity index is 1.61. The van der Waals surface area contributed by atoms with Gasteiger partial charge >= 0.3 is 6.01 Å². The van der Waals surface area contributed by atoms with E-state index in [9.17, 15) is 8.42 Å². The zero-order valence-electron chi connectivity index (χ0n) is 17.2. The summed E-state index contributed by atoms with van der Waals surface area (Å²) in [6.45, 7) is 9.96. The molecule has 1 N–H and O–H groups in total. The highest BCUT2D eigenvalue weighted by Gasteiger charge is 2.30. The minimum absolute atomic E-state index is 0.00766. The van der Waals surface area contributed by atoms with E-state index in [2.05, 4.69) is 19.8 Å². The predicted molar refractivity (Wildman–Crippen MR) is 106 cm³/mol. The molecule has 0 saturated heterocycles. The number of rotatable bonds is 6. The molecule has 0 aromatic carbocycles. The molecule has 8 nitrogen and oxygen atoms in total. The lowest BCUT2D eigenvalue weighted by molar-refractivity contribution is 0.131. The van der Waals surface area contributed by atoms with Crippen LogP contribution in [0.15, 0.2) is 11.0 Å². The standard InChI is InChI=1S/C19H29N5O3S/c1-6-24-15(5)18(14(4)22-24)28(25,26)23-16-7-9-17(10-8-16)27-19-20-12(2)11-13(3)21-19/h11,16-17,23H,6-10H2,1-5H3. The van der Waals surface area contributed by atoms with Crippen molar-refractivity contribution >= 4 is 10.0 Å². The highest BCUT2D eigenvalue weighted by atomic mass is 32.2. The van der Waals surface area contributed by atoms with Gasteiger partial charge in [0, 0.05) is 24.0 Å². The number of sulfonamides is 1. The number of nitrogens with one attached hydrogen (secondary N) is 1. The summed E-state index contributed by atoms with van der Waals surface area (Å²) in [6.07, 6.45) is 2.96. The van der Waals surface area contributed by atoms with Crippen LogP contribution in [0.2, 0.25) is 0 Å². The molecule has 2 aromatic heterocycles. The summed E-state index contributed by atoms with van der Waals surface area (Å²) < 4.78 is 36.3. The van der Waals surface area contributed by atoms with Crippen LogP contribution in [0.1, 0.15) is 55.4 Å². The number of ether oxygens (including phenoxy) is 1. The van der Waals surface area contributed by atoms with Crippen molar-refractivity contribution in [1.29, 1.82) is 0 Å². The first-order valence-corrected chi connectivity index (χ1v) is 11.2. The Morgan fingerprint density at radius 2 is 1.71 bits per heavy atom. The summed E-state index contributed by atoms with van der Waals surface area (Å²) in [5, 5.41) is 4.32. The molecule has 0 amide bonds. The second kappa shape index (κ2) is 8.16. The maximum atomic E-state index is 12.9. The van der Waals surface area contributed by atoms with Gasteiger partial charge in [0.2, 0.25) is 10.0 Å². The summed E-state index contributed by atoms with van der Waals surface area (Å²) in [7, 11) is -3.60. The smallest absolute Gasteiger partial charge is 0.317 e. The SMILES string of the molecule is CCn1nc(C)c(S(=O)(=O)NC2CCC(Oc3nc(C)cc(C)n3)CC2)c1C. The van der Waals surface area contributed by atoms with Gasteiger partial charge in [-0.05, 0) is 66.4 Å². The van der Waals surface area contributed by atoms with Crippen LogP contribution < -0.4 is 9.46 Å². The van der Waals surface area contributed by atoms with Gasteiger partial charge in [-0.25, -0.2) is 23.1 Å². The lowest BCUT2D eigenvalue weighted by Crippen LogP contribution is -2.40.